The Morgan fingerprint density at radius 1 is 1.34 bits per heavy atom. The van der Waals surface area contributed by atoms with Crippen LogP contribution in [0.2, 0.25) is 0 Å². The maximum absolute atomic E-state index is 4.98. The van der Waals surface area contributed by atoms with E-state index in [0.717, 1.165) is 39.7 Å². The van der Waals surface area contributed by atoms with Crippen LogP contribution in [0.1, 0.15) is 50.3 Å². The number of anilines is 1. The smallest absolute Gasteiger partial charge is 0.171 e. The molecule has 3 aromatic heterocycles. The largest absolute Gasteiger partial charge is 0.366 e. The van der Waals surface area contributed by atoms with Gasteiger partial charge in [0.15, 0.2) is 5.65 Å². The normalized spacial score (nSPS) is 18.8. The number of hydrogen-bond acceptors (Lipinski definition) is 5. The molecule has 1 saturated heterocycles. The Labute approximate surface area is 180 Å². The topological polar surface area (TPSA) is 58.4 Å². The Bertz CT molecular complexity index is 941. The number of aromatic nitrogens is 4. The van der Waals surface area contributed by atoms with Gasteiger partial charge in [0, 0.05) is 44.0 Å². The molecule has 1 aliphatic rings. The van der Waals surface area contributed by atoms with Gasteiger partial charge >= 0.3 is 0 Å². The van der Waals surface area contributed by atoms with Crippen molar-refractivity contribution in [3.05, 3.63) is 52.5 Å². The van der Waals surface area contributed by atoms with Gasteiger partial charge in [-0.05, 0) is 52.9 Å². The maximum atomic E-state index is 4.98. The van der Waals surface area contributed by atoms with Gasteiger partial charge in [0.25, 0.3) is 0 Å². The number of piperidine rings is 1. The highest BCUT2D eigenvalue weighted by Gasteiger charge is 2.24. The quantitative estimate of drug-likeness (QED) is 0.556. The van der Waals surface area contributed by atoms with Gasteiger partial charge in [0.05, 0.1) is 16.4 Å². The molecule has 3 aromatic rings. The van der Waals surface area contributed by atoms with Crippen molar-refractivity contribution in [3.8, 4) is 0 Å². The van der Waals surface area contributed by atoms with Crippen LogP contribution < -0.4 is 5.32 Å². The molecule has 0 bridgehead atoms. The first-order valence-electron chi connectivity index (χ1n) is 10.5. The van der Waals surface area contributed by atoms with Crippen LogP contribution in [-0.2, 0) is 6.54 Å². The lowest BCUT2D eigenvalue weighted by Gasteiger charge is -2.34. The van der Waals surface area contributed by atoms with Crippen LogP contribution in [0.25, 0.3) is 5.65 Å². The fourth-order valence-corrected chi connectivity index (χ4v) is 4.37. The summed E-state index contributed by atoms with van der Waals surface area (Å²) in [4.78, 5) is 11.8. The summed E-state index contributed by atoms with van der Waals surface area (Å²) in [6, 6.07) is 6.22. The number of rotatable bonds is 7. The van der Waals surface area contributed by atoms with Crippen molar-refractivity contribution < 1.29 is 0 Å². The van der Waals surface area contributed by atoms with E-state index in [1.807, 2.05) is 23.0 Å². The molecular formula is C22H29BrN6. The first kappa shape index (κ1) is 20.3. The molecule has 0 spiro atoms. The minimum Gasteiger partial charge on any atom is -0.366 e. The highest BCUT2D eigenvalue weighted by atomic mass is 79.9. The predicted molar refractivity (Wildman–Crippen MR) is 120 cm³/mol. The van der Waals surface area contributed by atoms with E-state index in [1.54, 1.807) is 6.20 Å². The van der Waals surface area contributed by atoms with Crippen molar-refractivity contribution in [2.75, 3.05) is 25.0 Å². The average Bonchev–Trinajstić information content (AvgIpc) is 3.14. The summed E-state index contributed by atoms with van der Waals surface area (Å²) < 4.78 is 2.81. The molecule has 7 heteroatoms. The second kappa shape index (κ2) is 9.22. The zero-order chi connectivity index (χ0) is 20.2. The zero-order valence-corrected chi connectivity index (χ0v) is 18.8. The Hall–Kier alpha value is -1.99. The van der Waals surface area contributed by atoms with Gasteiger partial charge in [-0.2, -0.15) is 9.61 Å². The van der Waals surface area contributed by atoms with Crippen LogP contribution in [0, 0.1) is 5.92 Å². The van der Waals surface area contributed by atoms with Gasteiger partial charge in [-0.3, -0.25) is 4.98 Å². The van der Waals surface area contributed by atoms with E-state index < -0.39 is 0 Å². The fraction of sp³-hybridized carbons (Fsp3) is 0.500. The van der Waals surface area contributed by atoms with E-state index in [-0.39, 0.29) is 0 Å². The maximum Gasteiger partial charge on any atom is 0.171 e. The number of nitrogens with zero attached hydrogens (tertiary/aromatic N) is 5. The number of likely N-dealkylation sites (tertiary alicyclic amines) is 1. The molecule has 1 aliphatic heterocycles. The first-order chi connectivity index (χ1) is 14.1. The summed E-state index contributed by atoms with van der Waals surface area (Å²) in [6.07, 6.45) is 9.15. The van der Waals surface area contributed by atoms with Crippen LogP contribution >= 0.6 is 15.9 Å². The molecule has 154 valence electrons. The van der Waals surface area contributed by atoms with E-state index in [0.29, 0.717) is 12.5 Å². The molecule has 0 radical (unpaired) electrons. The first-order valence-corrected chi connectivity index (χ1v) is 11.3. The molecule has 2 unspecified atom stereocenters. The van der Waals surface area contributed by atoms with Crippen LogP contribution in [0.3, 0.4) is 0 Å². The second-order valence-electron chi connectivity index (χ2n) is 8.12. The summed E-state index contributed by atoms with van der Waals surface area (Å²) in [6.45, 7) is 8.79. The molecule has 0 aliphatic carbocycles. The van der Waals surface area contributed by atoms with Crippen molar-refractivity contribution in [2.45, 2.75) is 45.6 Å². The highest BCUT2D eigenvalue weighted by molar-refractivity contribution is 9.10. The van der Waals surface area contributed by atoms with Crippen molar-refractivity contribution >= 4 is 27.4 Å². The van der Waals surface area contributed by atoms with Gasteiger partial charge in [-0.25, -0.2) is 4.98 Å². The number of nitrogens with one attached hydrogen (secondary N) is 1. The van der Waals surface area contributed by atoms with Gasteiger partial charge < -0.3 is 10.2 Å². The number of hydrogen-bond donors (Lipinski definition) is 1. The number of halogens is 1. The standard InChI is InChI=1S/C22H29BrN6/c1-3-16(2)14-28-9-5-7-18(15-28)20-10-21(25-12-17-6-4-8-24-11-17)29-22(27-20)19(23)13-26-29/h4,6,8,10-11,13,16,18,25H,3,5,7,9,12,14-15H2,1-2H3. The Morgan fingerprint density at radius 2 is 2.24 bits per heavy atom. The molecule has 1 fully saturated rings. The number of fused-ring (bicyclic) bond motifs is 1. The predicted octanol–water partition coefficient (Wildman–Crippen LogP) is 4.72. The molecule has 2 atom stereocenters. The van der Waals surface area contributed by atoms with Gasteiger partial charge in [0.1, 0.15) is 5.82 Å². The van der Waals surface area contributed by atoms with Gasteiger partial charge in [-0.1, -0.05) is 26.3 Å². The molecule has 0 aromatic carbocycles. The Kier molecular flexibility index (Phi) is 6.45. The van der Waals surface area contributed by atoms with Crippen molar-refractivity contribution in [2.24, 2.45) is 5.92 Å². The molecule has 6 nitrogen and oxygen atoms in total. The van der Waals surface area contributed by atoms with Crippen LogP contribution in [0.4, 0.5) is 5.82 Å². The lowest BCUT2D eigenvalue weighted by Crippen LogP contribution is -2.37. The van der Waals surface area contributed by atoms with E-state index in [9.17, 15) is 0 Å². The van der Waals surface area contributed by atoms with Crippen LogP contribution in [0.5, 0.6) is 0 Å². The van der Waals surface area contributed by atoms with E-state index in [1.165, 1.54) is 32.4 Å². The van der Waals surface area contributed by atoms with Crippen molar-refractivity contribution in [3.63, 3.8) is 0 Å². The molecular weight excluding hydrogens is 428 g/mol. The minimum absolute atomic E-state index is 0.457. The van der Waals surface area contributed by atoms with E-state index in [2.05, 4.69) is 62.2 Å². The van der Waals surface area contributed by atoms with Crippen LogP contribution in [-0.4, -0.2) is 44.1 Å². The minimum atomic E-state index is 0.457. The summed E-state index contributed by atoms with van der Waals surface area (Å²) in [5.41, 5.74) is 3.17. The highest BCUT2D eigenvalue weighted by Crippen LogP contribution is 2.30. The molecule has 0 amide bonds. The summed E-state index contributed by atoms with van der Waals surface area (Å²) >= 11 is 3.62. The zero-order valence-electron chi connectivity index (χ0n) is 17.2. The third kappa shape index (κ3) is 4.78. The lowest BCUT2D eigenvalue weighted by molar-refractivity contribution is 0.180. The number of pyridine rings is 1. The third-order valence-corrected chi connectivity index (χ3v) is 6.39. The van der Waals surface area contributed by atoms with E-state index >= 15 is 0 Å². The van der Waals surface area contributed by atoms with Gasteiger partial charge in [-0.15, -0.1) is 0 Å². The second-order valence-corrected chi connectivity index (χ2v) is 8.98. The summed E-state index contributed by atoms with van der Waals surface area (Å²) in [5, 5.41) is 8.04. The average molecular weight is 457 g/mol. The molecule has 1 N–H and O–H groups in total. The monoisotopic (exact) mass is 456 g/mol. The SMILES string of the molecule is CCC(C)CN1CCCC(c2cc(NCc3cccnc3)n3ncc(Br)c3n2)C1. The van der Waals surface area contributed by atoms with Crippen LogP contribution in [0.15, 0.2) is 41.3 Å². The molecule has 4 heterocycles. The summed E-state index contributed by atoms with van der Waals surface area (Å²) in [7, 11) is 0. The molecule has 0 saturated carbocycles. The molecule has 29 heavy (non-hydrogen) atoms. The third-order valence-electron chi connectivity index (χ3n) is 5.84. The summed E-state index contributed by atoms with van der Waals surface area (Å²) in [5.74, 6) is 2.17. The fourth-order valence-electron chi connectivity index (χ4n) is 4.02. The van der Waals surface area contributed by atoms with Crippen molar-refractivity contribution in [1.29, 1.82) is 0 Å². The molecule has 4 rings (SSSR count). The van der Waals surface area contributed by atoms with Crippen molar-refractivity contribution in [1.82, 2.24) is 24.5 Å². The Morgan fingerprint density at radius 3 is 3.03 bits per heavy atom. The lowest BCUT2D eigenvalue weighted by atomic mass is 9.93. The van der Waals surface area contributed by atoms with E-state index in [4.69, 9.17) is 4.98 Å². The Balaban J connectivity index is 1.58. The van der Waals surface area contributed by atoms with Gasteiger partial charge in [0.2, 0.25) is 0 Å².